The number of piperidine rings is 1. The molecule has 1 saturated heterocycles. The van der Waals surface area contributed by atoms with Crippen molar-refractivity contribution in [2.75, 3.05) is 17.0 Å². The summed E-state index contributed by atoms with van der Waals surface area (Å²) < 4.78 is 77.7. The molecule has 1 atom stereocenters. The minimum absolute atomic E-state index is 0.0319. The van der Waals surface area contributed by atoms with E-state index < -0.39 is 55.8 Å². The summed E-state index contributed by atoms with van der Waals surface area (Å²) in [5.74, 6) is -3.23. The van der Waals surface area contributed by atoms with Crippen LogP contribution in [0.1, 0.15) is 51.1 Å². The Balaban J connectivity index is 1.60. The Morgan fingerprint density at radius 3 is 2.61 bits per heavy atom. The predicted molar refractivity (Wildman–Crippen MR) is 160 cm³/mol. The van der Waals surface area contributed by atoms with Crippen LogP contribution >= 0.6 is 11.3 Å². The molecule has 1 aliphatic rings. The molecule has 0 radical (unpaired) electrons. The van der Waals surface area contributed by atoms with Crippen molar-refractivity contribution in [3.63, 3.8) is 0 Å². The number of amides is 1. The van der Waals surface area contributed by atoms with Crippen molar-refractivity contribution >= 4 is 39.1 Å². The molecule has 2 aromatic heterocycles. The third-order valence-corrected chi connectivity index (χ3v) is 9.21. The Bertz CT molecular complexity index is 1830. The van der Waals surface area contributed by atoms with E-state index in [1.807, 2.05) is 4.72 Å². The lowest BCUT2D eigenvalue weighted by atomic mass is 10.0. The summed E-state index contributed by atoms with van der Waals surface area (Å²) in [7, 11) is -4.72. The number of nitrogens with two attached hydrogens (primary N) is 1. The molecule has 15 heteroatoms. The lowest BCUT2D eigenvalue weighted by Crippen LogP contribution is -2.41. The number of hydrogen-bond acceptors (Lipinski definition) is 9. The van der Waals surface area contributed by atoms with Crippen molar-refractivity contribution in [2.45, 2.75) is 56.6 Å². The van der Waals surface area contributed by atoms with Crippen LogP contribution in [-0.2, 0) is 14.8 Å². The van der Waals surface area contributed by atoms with Crippen LogP contribution < -0.4 is 10.5 Å². The first-order chi connectivity index (χ1) is 20.7. The van der Waals surface area contributed by atoms with Gasteiger partial charge in [-0.1, -0.05) is 6.07 Å². The highest BCUT2D eigenvalue weighted by molar-refractivity contribution is 7.92. The number of carbonyl (C=O) groups is 1. The molecule has 0 saturated carbocycles. The van der Waals surface area contributed by atoms with E-state index in [2.05, 4.69) is 9.97 Å². The van der Waals surface area contributed by atoms with Crippen LogP contribution in [0.3, 0.4) is 0 Å². The average molecular weight is 647 g/mol. The second kappa shape index (κ2) is 12.0. The van der Waals surface area contributed by atoms with Crippen molar-refractivity contribution in [3.05, 3.63) is 71.1 Å². The minimum atomic E-state index is -4.72. The van der Waals surface area contributed by atoms with Crippen LogP contribution in [0.15, 0.2) is 53.6 Å². The van der Waals surface area contributed by atoms with Crippen LogP contribution in [-0.4, -0.2) is 46.5 Å². The quantitative estimate of drug-likeness (QED) is 0.241. The molecular weight excluding hydrogens is 617 g/mol. The Hall–Kier alpha value is -4.24. The normalized spacial score (nSPS) is 15.7. The zero-order chi connectivity index (χ0) is 31.8. The van der Waals surface area contributed by atoms with Crippen molar-refractivity contribution in [3.8, 4) is 21.8 Å². The molecule has 1 aliphatic heterocycles. The number of hydrogen-bond donors (Lipinski definition) is 2. The van der Waals surface area contributed by atoms with Gasteiger partial charge in [-0.25, -0.2) is 41.3 Å². The maximum Gasteiger partial charge on any atom is 0.410 e. The fourth-order valence-electron chi connectivity index (χ4n) is 4.74. The van der Waals surface area contributed by atoms with Gasteiger partial charge in [0.15, 0.2) is 5.82 Å². The highest BCUT2D eigenvalue weighted by atomic mass is 32.2. The van der Waals surface area contributed by atoms with Crippen LogP contribution in [0.5, 0.6) is 0 Å². The van der Waals surface area contributed by atoms with Gasteiger partial charge >= 0.3 is 6.09 Å². The summed E-state index contributed by atoms with van der Waals surface area (Å²) >= 11 is 1.19. The summed E-state index contributed by atoms with van der Waals surface area (Å²) in [5.41, 5.74) is 4.97. The van der Waals surface area contributed by atoms with E-state index in [9.17, 15) is 22.0 Å². The van der Waals surface area contributed by atoms with E-state index >= 15 is 4.39 Å². The van der Waals surface area contributed by atoms with E-state index in [0.29, 0.717) is 40.7 Å². The summed E-state index contributed by atoms with van der Waals surface area (Å²) in [6.07, 6.45) is 3.10. The number of nitrogen functional groups attached to an aromatic ring is 1. The maximum absolute atomic E-state index is 16.1. The molecule has 44 heavy (non-hydrogen) atoms. The van der Waals surface area contributed by atoms with Gasteiger partial charge in [0, 0.05) is 18.3 Å². The number of nitrogens with zero attached hydrogens (tertiary/aromatic N) is 4. The highest BCUT2D eigenvalue weighted by Gasteiger charge is 2.35. The van der Waals surface area contributed by atoms with Gasteiger partial charge < -0.3 is 10.5 Å². The number of thiazole rings is 1. The molecule has 2 aromatic carbocycles. The topological polar surface area (TPSA) is 140 Å². The number of anilines is 2. The van der Waals surface area contributed by atoms with Gasteiger partial charge in [-0.15, -0.1) is 11.3 Å². The Kier molecular flexibility index (Phi) is 8.53. The van der Waals surface area contributed by atoms with Gasteiger partial charge in [-0.05, 0) is 76.4 Å². The Morgan fingerprint density at radius 2 is 1.89 bits per heavy atom. The molecule has 0 aliphatic carbocycles. The van der Waals surface area contributed by atoms with E-state index in [-0.39, 0.29) is 17.2 Å². The molecule has 0 spiro atoms. The van der Waals surface area contributed by atoms with Gasteiger partial charge in [-0.2, -0.15) is 0 Å². The molecular formula is C29H29F3N6O4S2. The molecule has 232 valence electrons. The lowest BCUT2D eigenvalue weighted by Gasteiger charge is -2.35. The number of rotatable bonds is 6. The summed E-state index contributed by atoms with van der Waals surface area (Å²) in [6.45, 7) is 5.76. The number of benzene rings is 2. The maximum atomic E-state index is 16.1. The first-order valence-electron chi connectivity index (χ1n) is 13.6. The third kappa shape index (κ3) is 6.63. The molecule has 1 fully saturated rings. The van der Waals surface area contributed by atoms with E-state index in [0.717, 1.165) is 25.0 Å². The van der Waals surface area contributed by atoms with E-state index in [4.69, 9.17) is 15.5 Å². The molecule has 10 nitrogen and oxygen atoms in total. The largest absolute Gasteiger partial charge is 0.444 e. The summed E-state index contributed by atoms with van der Waals surface area (Å²) in [6, 6.07) is 6.97. The highest BCUT2D eigenvalue weighted by Crippen LogP contribution is 2.43. The van der Waals surface area contributed by atoms with Crippen molar-refractivity contribution in [2.24, 2.45) is 0 Å². The number of aromatic nitrogens is 3. The van der Waals surface area contributed by atoms with Crippen LogP contribution in [0.25, 0.3) is 21.8 Å². The van der Waals surface area contributed by atoms with Crippen LogP contribution in [0.2, 0.25) is 0 Å². The van der Waals surface area contributed by atoms with Crippen LogP contribution in [0.4, 0.5) is 29.6 Å². The first kappa shape index (κ1) is 31.2. The van der Waals surface area contributed by atoms with Crippen molar-refractivity contribution in [1.29, 1.82) is 0 Å². The molecule has 3 N–H and O–H groups in total. The van der Waals surface area contributed by atoms with E-state index in [1.54, 1.807) is 31.7 Å². The zero-order valence-corrected chi connectivity index (χ0v) is 25.6. The van der Waals surface area contributed by atoms with Crippen molar-refractivity contribution < 1.29 is 31.1 Å². The number of sulfonamides is 1. The minimum Gasteiger partial charge on any atom is -0.444 e. The first-order valence-corrected chi connectivity index (χ1v) is 15.9. The van der Waals surface area contributed by atoms with Crippen molar-refractivity contribution in [1.82, 2.24) is 19.9 Å². The fourth-order valence-corrected chi connectivity index (χ4v) is 7.09. The summed E-state index contributed by atoms with van der Waals surface area (Å²) in [5, 5.41) is 0.491. The molecule has 4 aromatic rings. The molecule has 5 rings (SSSR count). The smallest absolute Gasteiger partial charge is 0.410 e. The molecule has 1 unspecified atom stereocenters. The number of halogens is 3. The van der Waals surface area contributed by atoms with E-state index in [1.165, 1.54) is 29.7 Å². The van der Waals surface area contributed by atoms with Gasteiger partial charge in [0.1, 0.15) is 27.1 Å². The number of nitrogens with one attached hydrogen (secondary N) is 1. The van der Waals surface area contributed by atoms with Gasteiger partial charge in [0.05, 0.1) is 28.0 Å². The number of ether oxygens (including phenoxy) is 1. The van der Waals surface area contributed by atoms with Gasteiger partial charge in [0.25, 0.3) is 10.0 Å². The number of carbonyl (C=O) groups excluding carboxylic acids is 1. The molecule has 1 amide bonds. The Morgan fingerprint density at radius 1 is 1.11 bits per heavy atom. The lowest BCUT2D eigenvalue weighted by molar-refractivity contribution is 0.00949. The standard InChI is InChI=1S/C29H29F3N6O4S2/c1-29(2,3)42-28(39)38-14-5-4-9-21(38)26-36-24(25(43-26)20-12-13-34-27(33)35-20)17-7-6-8-19(23(17)32)37-44(40,41)22-15-16(30)10-11-18(22)31/h6-8,10-13,15,21,37H,4-5,9,14H2,1-3H3,(H2,33,34,35). The number of likely N-dealkylation sites (tertiary alicyclic amines) is 1. The second-order valence-electron chi connectivity index (χ2n) is 11.1. The van der Waals surface area contributed by atoms with Crippen LogP contribution in [0, 0.1) is 17.5 Å². The predicted octanol–water partition coefficient (Wildman–Crippen LogP) is 6.53. The zero-order valence-electron chi connectivity index (χ0n) is 24.0. The summed E-state index contributed by atoms with van der Waals surface area (Å²) in [4.78, 5) is 27.1. The van der Waals surface area contributed by atoms with Gasteiger partial charge in [-0.3, -0.25) is 9.62 Å². The second-order valence-corrected chi connectivity index (χ2v) is 13.7. The fraction of sp³-hybridized carbons (Fsp3) is 0.310. The SMILES string of the molecule is CC(C)(C)OC(=O)N1CCCCC1c1nc(-c2cccc(NS(=O)(=O)c3cc(F)ccc3F)c2F)c(-c2ccnc(N)n2)s1. The molecule has 0 bridgehead atoms. The Labute approximate surface area is 256 Å². The third-order valence-electron chi connectivity index (χ3n) is 6.65. The monoisotopic (exact) mass is 646 g/mol. The van der Waals surface area contributed by atoms with Gasteiger partial charge in [0.2, 0.25) is 5.95 Å². The average Bonchev–Trinajstić information content (AvgIpc) is 3.39. The molecule has 3 heterocycles.